The smallest absolute Gasteiger partial charge is 0.258 e. The average molecular weight is 318 g/mol. The van der Waals surface area contributed by atoms with Crippen LogP contribution in [0.4, 0.5) is 0 Å². The van der Waals surface area contributed by atoms with E-state index in [4.69, 9.17) is 10.00 Å². The molecule has 0 aliphatic carbocycles. The van der Waals surface area contributed by atoms with Crippen LogP contribution in [0.1, 0.15) is 24.5 Å². The van der Waals surface area contributed by atoms with Crippen LogP contribution in [0.25, 0.3) is 10.8 Å². The Labute approximate surface area is 140 Å². The number of nitrogens with zero attached hydrogens (tertiary/aromatic N) is 2. The molecule has 3 aromatic rings. The molecule has 0 saturated carbocycles. The average Bonchev–Trinajstić information content (AvgIpc) is 2.63. The fourth-order valence-corrected chi connectivity index (χ4v) is 2.58. The highest BCUT2D eigenvalue weighted by Gasteiger charge is 2.05. The van der Waals surface area contributed by atoms with Crippen molar-refractivity contribution >= 4 is 10.8 Å². The molecule has 4 nitrogen and oxygen atoms in total. The number of hydrogen-bond donors (Lipinski definition) is 0. The lowest BCUT2D eigenvalue weighted by molar-refractivity contribution is 0.318. The van der Waals surface area contributed by atoms with Crippen molar-refractivity contribution in [1.29, 1.82) is 5.26 Å². The standard InChI is InChI=1S/C20H18N2O2/c1-2-11-24-18-7-8-19-17(12-18)9-10-22(20(19)23)14-16-5-3-15(13-21)4-6-16/h3-10,12H,2,11,14H2,1H3. The van der Waals surface area contributed by atoms with Crippen molar-refractivity contribution in [3.05, 3.63) is 76.2 Å². The van der Waals surface area contributed by atoms with Crippen LogP contribution in [0.15, 0.2) is 59.5 Å². The first kappa shape index (κ1) is 15.8. The Morgan fingerprint density at radius 3 is 2.62 bits per heavy atom. The predicted molar refractivity (Wildman–Crippen MR) is 94.3 cm³/mol. The van der Waals surface area contributed by atoms with Crippen LogP contribution < -0.4 is 10.3 Å². The highest BCUT2D eigenvalue weighted by Crippen LogP contribution is 2.18. The molecule has 3 rings (SSSR count). The number of aromatic nitrogens is 1. The van der Waals surface area contributed by atoms with Gasteiger partial charge in [-0.05, 0) is 53.8 Å². The molecule has 0 aliphatic rings. The van der Waals surface area contributed by atoms with E-state index in [1.54, 1.807) is 22.9 Å². The molecule has 120 valence electrons. The fraction of sp³-hybridized carbons (Fsp3) is 0.200. The molecule has 0 bridgehead atoms. The summed E-state index contributed by atoms with van der Waals surface area (Å²) in [6.45, 7) is 3.21. The van der Waals surface area contributed by atoms with E-state index >= 15 is 0 Å². The first-order valence-electron chi connectivity index (χ1n) is 7.96. The lowest BCUT2D eigenvalue weighted by Gasteiger charge is -2.09. The summed E-state index contributed by atoms with van der Waals surface area (Å²) >= 11 is 0. The highest BCUT2D eigenvalue weighted by molar-refractivity contribution is 5.82. The maximum Gasteiger partial charge on any atom is 0.258 e. The minimum Gasteiger partial charge on any atom is -0.494 e. The van der Waals surface area contributed by atoms with Gasteiger partial charge in [-0.2, -0.15) is 5.26 Å². The fourth-order valence-electron chi connectivity index (χ4n) is 2.58. The first-order chi connectivity index (χ1) is 11.7. The molecule has 0 spiro atoms. The van der Waals surface area contributed by atoms with Gasteiger partial charge in [-0.25, -0.2) is 0 Å². The predicted octanol–water partition coefficient (Wildman–Crippen LogP) is 3.71. The van der Waals surface area contributed by atoms with Gasteiger partial charge in [0.15, 0.2) is 0 Å². The van der Waals surface area contributed by atoms with E-state index in [0.717, 1.165) is 23.1 Å². The second-order valence-corrected chi connectivity index (χ2v) is 5.66. The lowest BCUT2D eigenvalue weighted by atomic mass is 10.1. The van der Waals surface area contributed by atoms with Gasteiger partial charge in [0.2, 0.25) is 0 Å². The SMILES string of the molecule is CCCOc1ccc2c(=O)n(Cc3ccc(C#N)cc3)ccc2c1. The molecular weight excluding hydrogens is 300 g/mol. The molecule has 0 radical (unpaired) electrons. The molecule has 1 aromatic heterocycles. The molecule has 0 amide bonds. The molecule has 2 aromatic carbocycles. The van der Waals surface area contributed by atoms with Crippen LogP contribution in [-0.2, 0) is 6.54 Å². The van der Waals surface area contributed by atoms with Crippen molar-refractivity contribution in [1.82, 2.24) is 4.57 Å². The van der Waals surface area contributed by atoms with Crippen molar-refractivity contribution in [3.8, 4) is 11.8 Å². The second kappa shape index (κ2) is 7.01. The number of ether oxygens (including phenoxy) is 1. The van der Waals surface area contributed by atoms with E-state index in [-0.39, 0.29) is 5.56 Å². The summed E-state index contributed by atoms with van der Waals surface area (Å²) < 4.78 is 7.29. The molecule has 0 saturated heterocycles. The van der Waals surface area contributed by atoms with Crippen LogP contribution >= 0.6 is 0 Å². The van der Waals surface area contributed by atoms with Gasteiger partial charge in [0.1, 0.15) is 5.75 Å². The van der Waals surface area contributed by atoms with Gasteiger partial charge in [-0.3, -0.25) is 4.79 Å². The third-order valence-corrected chi connectivity index (χ3v) is 3.86. The summed E-state index contributed by atoms with van der Waals surface area (Å²) in [5.74, 6) is 0.786. The maximum absolute atomic E-state index is 12.7. The van der Waals surface area contributed by atoms with E-state index in [2.05, 4.69) is 13.0 Å². The van der Waals surface area contributed by atoms with Crippen LogP contribution in [0, 0.1) is 11.3 Å². The van der Waals surface area contributed by atoms with Crippen LogP contribution in [-0.4, -0.2) is 11.2 Å². The zero-order valence-corrected chi connectivity index (χ0v) is 13.5. The van der Waals surface area contributed by atoms with Gasteiger partial charge < -0.3 is 9.30 Å². The summed E-state index contributed by atoms with van der Waals surface area (Å²) in [5.41, 5.74) is 1.57. The Balaban J connectivity index is 1.90. The quantitative estimate of drug-likeness (QED) is 0.720. The van der Waals surface area contributed by atoms with Crippen LogP contribution in [0.2, 0.25) is 0 Å². The molecule has 0 unspecified atom stereocenters. The Kier molecular flexibility index (Phi) is 4.62. The zero-order valence-electron chi connectivity index (χ0n) is 13.5. The van der Waals surface area contributed by atoms with Gasteiger partial charge >= 0.3 is 0 Å². The minimum absolute atomic E-state index is 0.0288. The lowest BCUT2D eigenvalue weighted by Crippen LogP contribution is -2.20. The molecule has 0 fully saturated rings. The van der Waals surface area contributed by atoms with Gasteiger partial charge in [0.25, 0.3) is 5.56 Å². The third-order valence-electron chi connectivity index (χ3n) is 3.86. The van der Waals surface area contributed by atoms with Gasteiger partial charge in [-0.15, -0.1) is 0 Å². The number of hydrogen-bond acceptors (Lipinski definition) is 3. The van der Waals surface area contributed by atoms with Crippen molar-refractivity contribution in [2.45, 2.75) is 19.9 Å². The first-order valence-corrected chi connectivity index (χ1v) is 7.96. The molecular formula is C20H18N2O2. The molecule has 24 heavy (non-hydrogen) atoms. The number of rotatable bonds is 5. The van der Waals surface area contributed by atoms with Crippen molar-refractivity contribution < 1.29 is 4.74 Å². The van der Waals surface area contributed by atoms with E-state index in [9.17, 15) is 4.79 Å². The summed E-state index contributed by atoms with van der Waals surface area (Å²) in [7, 11) is 0. The van der Waals surface area contributed by atoms with Crippen LogP contribution in [0.3, 0.4) is 0 Å². The number of benzene rings is 2. The van der Waals surface area contributed by atoms with Gasteiger partial charge in [0, 0.05) is 11.6 Å². The summed E-state index contributed by atoms with van der Waals surface area (Å²) in [5, 5.41) is 10.4. The Morgan fingerprint density at radius 1 is 1.12 bits per heavy atom. The van der Waals surface area contributed by atoms with Crippen LogP contribution in [0.5, 0.6) is 5.75 Å². The molecule has 0 N–H and O–H groups in total. The highest BCUT2D eigenvalue weighted by atomic mass is 16.5. The van der Waals surface area contributed by atoms with E-state index in [1.165, 1.54) is 0 Å². The van der Waals surface area contributed by atoms with Crippen molar-refractivity contribution in [3.63, 3.8) is 0 Å². The maximum atomic E-state index is 12.7. The van der Waals surface area contributed by atoms with E-state index in [1.807, 2.05) is 36.4 Å². The summed E-state index contributed by atoms with van der Waals surface area (Å²) in [4.78, 5) is 12.7. The molecule has 0 aliphatic heterocycles. The topological polar surface area (TPSA) is 55.0 Å². The Morgan fingerprint density at radius 2 is 1.92 bits per heavy atom. The van der Waals surface area contributed by atoms with E-state index in [0.29, 0.717) is 24.1 Å². The Hall–Kier alpha value is -3.06. The largest absolute Gasteiger partial charge is 0.494 e. The number of pyridine rings is 1. The number of fused-ring (bicyclic) bond motifs is 1. The summed E-state index contributed by atoms with van der Waals surface area (Å²) in [6.07, 6.45) is 2.75. The monoisotopic (exact) mass is 318 g/mol. The Bertz CT molecular complexity index is 950. The summed E-state index contributed by atoms with van der Waals surface area (Å²) in [6, 6.07) is 16.8. The second-order valence-electron chi connectivity index (χ2n) is 5.66. The van der Waals surface area contributed by atoms with Gasteiger partial charge in [0.05, 0.1) is 24.8 Å². The zero-order chi connectivity index (χ0) is 16.9. The minimum atomic E-state index is -0.0288. The van der Waals surface area contributed by atoms with Crippen molar-refractivity contribution in [2.24, 2.45) is 0 Å². The number of nitriles is 1. The van der Waals surface area contributed by atoms with Crippen molar-refractivity contribution in [2.75, 3.05) is 6.61 Å². The third kappa shape index (κ3) is 3.31. The molecule has 1 heterocycles. The normalized spacial score (nSPS) is 10.5. The molecule has 0 atom stereocenters. The van der Waals surface area contributed by atoms with Gasteiger partial charge in [-0.1, -0.05) is 19.1 Å². The molecule has 4 heteroatoms. The van der Waals surface area contributed by atoms with E-state index < -0.39 is 0 Å².